The fourth-order valence-corrected chi connectivity index (χ4v) is 3.80. The molecule has 0 saturated heterocycles. The minimum absolute atomic E-state index is 0.000510. The van der Waals surface area contributed by atoms with E-state index in [0.717, 1.165) is 36.8 Å². The van der Waals surface area contributed by atoms with E-state index in [4.69, 9.17) is 9.15 Å². The number of fused-ring (bicyclic) bond motifs is 1. The summed E-state index contributed by atoms with van der Waals surface area (Å²) in [6, 6.07) is 7.76. The lowest BCUT2D eigenvalue weighted by Gasteiger charge is -2.29. The smallest absolute Gasteiger partial charge is 0.257 e. The van der Waals surface area contributed by atoms with Crippen molar-refractivity contribution >= 4 is 28.8 Å². The molecule has 1 fully saturated rings. The van der Waals surface area contributed by atoms with Gasteiger partial charge in [0.15, 0.2) is 5.58 Å². The van der Waals surface area contributed by atoms with Gasteiger partial charge < -0.3 is 14.5 Å². The number of carbonyl (C=O) groups excluding carboxylic acids is 1. The molecule has 1 aromatic carbocycles. The zero-order chi connectivity index (χ0) is 18.5. The van der Waals surface area contributed by atoms with E-state index < -0.39 is 0 Å². The molecule has 0 atom stereocenters. The van der Waals surface area contributed by atoms with Gasteiger partial charge in [-0.3, -0.25) is 9.78 Å². The Balaban J connectivity index is 1.20. The Kier molecular flexibility index (Phi) is 5.53. The molecule has 3 aromatic rings. The molecule has 0 bridgehead atoms. The number of thioether (sulfide) groups is 1. The number of aromatic nitrogens is 3. The minimum Gasteiger partial charge on any atom is -0.473 e. The van der Waals surface area contributed by atoms with Crippen LogP contribution in [0, 0.1) is 0 Å². The third-order valence-corrected chi connectivity index (χ3v) is 5.30. The summed E-state index contributed by atoms with van der Waals surface area (Å²) in [6.45, 7) is 0. The molecule has 2 heterocycles. The fourth-order valence-electron chi connectivity index (χ4n) is 3.15. The van der Waals surface area contributed by atoms with Gasteiger partial charge >= 0.3 is 0 Å². The minimum atomic E-state index is 0.000510. The van der Waals surface area contributed by atoms with Crippen LogP contribution < -0.4 is 10.1 Å². The van der Waals surface area contributed by atoms with Crippen LogP contribution in [-0.2, 0) is 4.79 Å². The van der Waals surface area contributed by atoms with E-state index >= 15 is 0 Å². The molecule has 0 unspecified atom stereocenters. The first-order chi connectivity index (χ1) is 13.3. The van der Waals surface area contributed by atoms with Gasteiger partial charge in [-0.2, -0.15) is 0 Å². The maximum atomic E-state index is 12.2. The molecule has 27 heavy (non-hydrogen) atoms. The van der Waals surface area contributed by atoms with Gasteiger partial charge in [0.25, 0.3) is 5.22 Å². The molecule has 4 rings (SSSR count). The average molecular weight is 384 g/mol. The van der Waals surface area contributed by atoms with Gasteiger partial charge in [-0.25, -0.2) is 9.97 Å². The van der Waals surface area contributed by atoms with Gasteiger partial charge in [0.2, 0.25) is 11.8 Å². The Labute approximate surface area is 160 Å². The third-order valence-electron chi connectivity index (χ3n) is 4.47. The average Bonchev–Trinajstić information content (AvgIpc) is 3.12. The van der Waals surface area contributed by atoms with Crippen molar-refractivity contribution in [2.45, 2.75) is 43.1 Å². The van der Waals surface area contributed by atoms with E-state index in [1.807, 2.05) is 24.3 Å². The van der Waals surface area contributed by atoms with E-state index in [-0.39, 0.29) is 18.1 Å². The molecular formula is C19H20N4O3S. The summed E-state index contributed by atoms with van der Waals surface area (Å²) in [5.74, 6) is 0.850. The number of carbonyl (C=O) groups is 1. The number of nitrogens with zero attached hydrogens (tertiary/aromatic N) is 3. The number of benzene rings is 1. The van der Waals surface area contributed by atoms with Crippen molar-refractivity contribution in [2.24, 2.45) is 0 Å². The Bertz CT molecular complexity index is 861. The number of rotatable bonds is 6. The van der Waals surface area contributed by atoms with Crippen LogP contribution in [0.5, 0.6) is 5.88 Å². The highest BCUT2D eigenvalue weighted by Gasteiger charge is 2.24. The molecule has 1 saturated carbocycles. The first kappa shape index (κ1) is 17.8. The Morgan fingerprint density at radius 2 is 2.07 bits per heavy atom. The topological polar surface area (TPSA) is 90.1 Å². The zero-order valence-corrected chi connectivity index (χ0v) is 15.5. The summed E-state index contributed by atoms with van der Waals surface area (Å²) in [6.07, 6.45) is 8.56. The first-order valence-electron chi connectivity index (χ1n) is 8.96. The molecule has 0 aliphatic heterocycles. The summed E-state index contributed by atoms with van der Waals surface area (Å²) in [7, 11) is 0. The Morgan fingerprint density at radius 1 is 1.22 bits per heavy atom. The van der Waals surface area contributed by atoms with Gasteiger partial charge in [0, 0.05) is 18.4 Å². The maximum absolute atomic E-state index is 12.2. The molecule has 1 aliphatic rings. The Morgan fingerprint density at radius 3 is 2.85 bits per heavy atom. The highest BCUT2D eigenvalue weighted by molar-refractivity contribution is 7.99. The molecule has 0 spiro atoms. The van der Waals surface area contributed by atoms with Crippen LogP contribution >= 0.6 is 11.8 Å². The summed E-state index contributed by atoms with van der Waals surface area (Å²) >= 11 is 1.32. The van der Waals surface area contributed by atoms with Crippen LogP contribution in [0.25, 0.3) is 11.1 Å². The molecule has 0 radical (unpaired) electrons. The van der Waals surface area contributed by atoms with Crippen LogP contribution in [0.1, 0.15) is 25.7 Å². The van der Waals surface area contributed by atoms with Crippen molar-refractivity contribution < 1.29 is 13.9 Å². The van der Waals surface area contributed by atoms with Crippen molar-refractivity contribution in [3.05, 3.63) is 42.9 Å². The van der Waals surface area contributed by atoms with E-state index in [1.54, 1.807) is 18.6 Å². The summed E-state index contributed by atoms with van der Waals surface area (Å²) in [4.78, 5) is 24.7. The number of oxazole rings is 1. The van der Waals surface area contributed by atoms with Gasteiger partial charge in [-0.05, 0) is 37.8 Å². The highest BCUT2D eigenvalue weighted by Crippen LogP contribution is 2.24. The van der Waals surface area contributed by atoms with Crippen LogP contribution in [-0.4, -0.2) is 38.8 Å². The maximum Gasteiger partial charge on any atom is 0.257 e. The number of para-hydroxylation sites is 2. The molecule has 8 heteroatoms. The van der Waals surface area contributed by atoms with Crippen molar-refractivity contribution in [1.82, 2.24) is 20.3 Å². The van der Waals surface area contributed by atoms with E-state index in [9.17, 15) is 4.79 Å². The Hall–Kier alpha value is -2.61. The molecular weight excluding hydrogens is 364 g/mol. The van der Waals surface area contributed by atoms with E-state index in [1.165, 1.54) is 11.8 Å². The number of nitrogens with one attached hydrogen (secondary N) is 1. The monoisotopic (exact) mass is 384 g/mol. The SMILES string of the molecule is O=C(CSc1nc2ccccc2o1)NC1CCC(Oc2cnccn2)CC1. The van der Waals surface area contributed by atoms with Gasteiger partial charge in [-0.1, -0.05) is 23.9 Å². The molecule has 1 N–H and O–H groups in total. The summed E-state index contributed by atoms with van der Waals surface area (Å²) < 4.78 is 11.5. The highest BCUT2D eigenvalue weighted by atomic mass is 32.2. The zero-order valence-electron chi connectivity index (χ0n) is 14.7. The number of ether oxygens (including phenoxy) is 1. The van der Waals surface area contributed by atoms with Crippen molar-refractivity contribution in [3.63, 3.8) is 0 Å². The van der Waals surface area contributed by atoms with E-state index in [2.05, 4.69) is 20.3 Å². The lowest BCUT2D eigenvalue weighted by molar-refractivity contribution is -0.119. The standard InChI is InChI=1S/C19H20N4O3S/c24-17(12-27-19-23-15-3-1-2-4-16(15)26-19)22-13-5-7-14(8-6-13)25-18-11-20-9-10-21-18/h1-4,9-11,13-14H,5-8,12H2,(H,22,24). The second-order valence-corrected chi connectivity index (χ2v) is 7.37. The van der Waals surface area contributed by atoms with Crippen molar-refractivity contribution in [2.75, 3.05) is 5.75 Å². The number of amides is 1. The fraction of sp³-hybridized carbons (Fsp3) is 0.368. The first-order valence-corrected chi connectivity index (χ1v) is 9.95. The predicted octanol–water partition coefficient (Wildman–Crippen LogP) is 3.22. The quantitative estimate of drug-likeness (QED) is 0.653. The predicted molar refractivity (Wildman–Crippen MR) is 102 cm³/mol. The summed E-state index contributed by atoms with van der Waals surface area (Å²) in [5, 5.41) is 3.62. The van der Waals surface area contributed by atoms with Crippen LogP contribution in [0.3, 0.4) is 0 Å². The third kappa shape index (κ3) is 4.77. The second kappa shape index (κ2) is 8.39. The second-order valence-electron chi connectivity index (χ2n) is 6.44. The van der Waals surface area contributed by atoms with Crippen LogP contribution in [0.4, 0.5) is 0 Å². The van der Waals surface area contributed by atoms with Crippen molar-refractivity contribution in [1.29, 1.82) is 0 Å². The van der Waals surface area contributed by atoms with Gasteiger partial charge in [0.05, 0.1) is 11.9 Å². The molecule has 1 amide bonds. The van der Waals surface area contributed by atoms with Crippen LogP contribution in [0.15, 0.2) is 52.5 Å². The molecule has 2 aromatic heterocycles. The lowest BCUT2D eigenvalue weighted by atomic mass is 9.93. The van der Waals surface area contributed by atoms with Crippen LogP contribution in [0.2, 0.25) is 0 Å². The largest absolute Gasteiger partial charge is 0.473 e. The van der Waals surface area contributed by atoms with E-state index in [0.29, 0.717) is 16.9 Å². The number of hydrogen-bond acceptors (Lipinski definition) is 7. The van der Waals surface area contributed by atoms with Crippen molar-refractivity contribution in [3.8, 4) is 5.88 Å². The molecule has 1 aliphatic carbocycles. The lowest BCUT2D eigenvalue weighted by Crippen LogP contribution is -2.40. The molecule has 7 nitrogen and oxygen atoms in total. The molecule has 140 valence electrons. The van der Waals surface area contributed by atoms with Gasteiger partial charge in [0.1, 0.15) is 11.6 Å². The normalized spacial score (nSPS) is 19.7. The number of hydrogen-bond donors (Lipinski definition) is 1. The summed E-state index contributed by atoms with van der Waals surface area (Å²) in [5.41, 5.74) is 1.55. The van der Waals surface area contributed by atoms with Gasteiger partial charge in [-0.15, -0.1) is 0 Å².